The number of hydrogen-bond acceptors (Lipinski definition) is 3. The lowest BCUT2D eigenvalue weighted by Crippen LogP contribution is -2.63. The Morgan fingerprint density at radius 3 is 2.79 bits per heavy atom. The van der Waals surface area contributed by atoms with Crippen molar-refractivity contribution in [3.05, 3.63) is 28.2 Å². The molecular weight excluding hydrogens is 390 g/mol. The van der Waals surface area contributed by atoms with Crippen molar-refractivity contribution < 1.29 is 4.79 Å². The van der Waals surface area contributed by atoms with E-state index >= 15 is 0 Å². The first kappa shape index (κ1) is 19.7. The van der Waals surface area contributed by atoms with Crippen LogP contribution in [-0.2, 0) is 4.79 Å². The SMILES string of the molecule is Cc1cc(Br)ccc1NC(=O)CN1CCNCC12CCCCC2.Cl. The molecule has 0 bridgehead atoms. The number of hydrogen-bond donors (Lipinski definition) is 2. The van der Waals surface area contributed by atoms with Gasteiger partial charge in [-0.1, -0.05) is 35.2 Å². The second-order valence-electron chi connectivity index (χ2n) is 6.89. The summed E-state index contributed by atoms with van der Waals surface area (Å²) in [5, 5.41) is 6.62. The van der Waals surface area contributed by atoms with Gasteiger partial charge in [0.15, 0.2) is 0 Å². The average molecular weight is 417 g/mol. The molecule has 2 aliphatic rings. The predicted octanol–water partition coefficient (Wildman–Crippen LogP) is 3.73. The number of piperazine rings is 1. The Morgan fingerprint density at radius 1 is 1.33 bits per heavy atom. The number of benzene rings is 1. The Labute approximate surface area is 159 Å². The van der Waals surface area contributed by atoms with Crippen LogP contribution in [-0.4, -0.2) is 42.5 Å². The number of nitrogens with zero attached hydrogens (tertiary/aromatic N) is 1. The monoisotopic (exact) mass is 415 g/mol. The number of amides is 1. The average Bonchev–Trinajstić information content (AvgIpc) is 2.53. The Hall–Kier alpha value is -0.620. The van der Waals surface area contributed by atoms with Gasteiger partial charge < -0.3 is 10.6 Å². The van der Waals surface area contributed by atoms with Gasteiger partial charge in [0.2, 0.25) is 5.91 Å². The predicted molar refractivity (Wildman–Crippen MR) is 105 cm³/mol. The molecule has 1 saturated carbocycles. The lowest BCUT2D eigenvalue weighted by Gasteiger charge is -2.49. The van der Waals surface area contributed by atoms with E-state index in [-0.39, 0.29) is 23.9 Å². The number of nitrogens with one attached hydrogen (secondary N) is 2. The molecule has 1 spiro atoms. The summed E-state index contributed by atoms with van der Waals surface area (Å²) in [6.07, 6.45) is 6.33. The van der Waals surface area contributed by atoms with Crippen LogP contribution in [0.4, 0.5) is 5.69 Å². The normalized spacial score (nSPS) is 20.4. The van der Waals surface area contributed by atoms with Crippen molar-refractivity contribution >= 4 is 39.9 Å². The maximum absolute atomic E-state index is 12.6. The molecule has 0 aromatic heterocycles. The number of rotatable bonds is 3. The van der Waals surface area contributed by atoms with E-state index in [2.05, 4.69) is 31.5 Å². The molecule has 1 saturated heterocycles. The first-order valence-corrected chi connectivity index (χ1v) is 9.40. The third-order valence-corrected chi connectivity index (χ3v) is 5.76. The summed E-state index contributed by atoms with van der Waals surface area (Å²) < 4.78 is 1.04. The van der Waals surface area contributed by atoms with Crippen LogP contribution in [0.2, 0.25) is 0 Å². The molecular formula is C18H27BrClN3O. The molecule has 2 fully saturated rings. The molecule has 4 nitrogen and oxygen atoms in total. The highest BCUT2D eigenvalue weighted by Crippen LogP contribution is 2.34. The van der Waals surface area contributed by atoms with Gasteiger partial charge in [0, 0.05) is 35.3 Å². The lowest BCUT2D eigenvalue weighted by atomic mass is 9.79. The number of carbonyl (C=O) groups excluding carboxylic acids is 1. The zero-order valence-corrected chi connectivity index (χ0v) is 16.6. The largest absolute Gasteiger partial charge is 0.325 e. The molecule has 2 N–H and O–H groups in total. The summed E-state index contributed by atoms with van der Waals surface area (Å²) in [7, 11) is 0. The zero-order valence-electron chi connectivity index (χ0n) is 14.2. The van der Waals surface area contributed by atoms with Crippen LogP contribution in [0.25, 0.3) is 0 Å². The summed E-state index contributed by atoms with van der Waals surface area (Å²) in [4.78, 5) is 15.0. The van der Waals surface area contributed by atoms with Gasteiger partial charge in [0.25, 0.3) is 0 Å². The van der Waals surface area contributed by atoms with Gasteiger partial charge in [0.1, 0.15) is 0 Å². The zero-order chi connectivity index (χ0) is 16.3. The van der Waals surface area contributed by atoms with Gasteiger partial charge in [-0.15, -0.1) is 12.4 Å². The fourth-order valence-corrected chi connectivity index (χ4v) is 4.44. The lowest BCUT2D eigenvalue weighted by molar-refractivity contribution is -0.120. The Morgan fingerprint density at radius 2 is 2.08 bits per heavy atom. The van der Waals surface area contributed by atoms with Crippen molar-refractivity contribution in [1.82, 2.24) is 10.2 Å². The minimum absolute atomic E-state index is 0. The molecule has 1 aliphatic carbocycles. The molecule has 1 aliphatic heterocycles. The Kier molecular flexibility index (Phi) is 7.10. The number of carbonyl (C=O) groups is 1. The van der Waals surface area contributed by atoms with E-state index in [1.165, 1.54) is 32.1 Å². The quantitative estimate of drug-likeness (QED) is 0.789. The van der Waals surface area contributed by atoms with E-state index in [1.54, 1.807) is 0 Å². The molecule has 134 valence electrons. The number of anilines is 1. The highest BCUT2D eigenvalue weighted by molar-refractivity contribution is 9.10. The van der Waals surface area contributed by atoms with Crippen molar-refractivity contribution in [2.24, 2.45) is 0 Å². The first-order chi connectivity index (χ1) is 11.1. The van der Waals surface area contributed by atoms with Crippen LogP contribution in [0.3, 0.4) is 0 Å². The van der Waals surface area contributed by atoms with E-state index in [1.807, 2.05) is 25.1 Å². The van der Waals surface area contributed by atoms with E-state index in [9.17, 15) is 4.79 Å². The minimum atomic E-state index is 0. The van der Waals surface area contributed by atoms with E-state index in [0.717, 1.165) is 35.4 Å². The van der Waals surface area contributed by atoms with Crippen LogP contribution in [0, 0.1) is 6.92 Å². The maximum atomic E-state index is 12.6. The molecule has 1 amide bonds. The summed E-state index contributed by atoms with van der Waals surface area (Å²) in [6.45, 7) is 5.49. The van der Waals surface area contributed by atoms with Gasteiger partial charge >= 0.3 is 0 Å². The van der Waals surface area contributed by atoms with Gasteiger partial charge in [-0.2, -0.15) is 0 Å². The molecule has 0 unspecified atom stereocenters. The van der Waals surface area contributed by atoms with E-state index < -0.39 is 0 Å². The summed E-state index contributed by atoms with van der Waals surface area (Å²) >= 11 is 3.46. The third-order valence-electron chi connectivity index (χ3n) is 5.26. The standard InChI is InChI=1S/C18H26BrN3O.ClH/c1-14-11-15(19)5-6-16(14)21-17(23)12-22-10-9-20-13-18(22)7-3-2-4-8-18;/h5-6,11,20H,2-4,7-10,12-13H2,1H3,(H,21,23);1H. The molecule has 3 rings (SSSR count). The minimum Gasteiger partial charge on any atom is -0.325 e. The van der Waals surface area contributed by atoms with Crippen molar-refractivity contribution in [1.29, 1.82) is 0 Å². The van der Waals surface area contributed by atoms with Gasteiger partial charge in [0.05, 0.1) is 6.54 Å². The number of halogens is 2. The summed E-state index contributed by atoms with van der Waals surface area (Å²) in [5.41, 5.74) is 2.19. The Bertz CT molecular complexity index is 567. The fourth-order valence-electron chi connectivity index (χ4n) is 3.96. The maximum Gasteiger partial charge on any atom is 0.238 e. The highest BCUT2D eigenvalue weighted by atomic mass is 79.9. The van der Waals surface area contributed by atoms with Crippen LogP contribution < -0.4 is 10.6 Å². The van der Waals surface area contributed by atoms with Crippen LogP contribution in [0.5, 0.6) is 0 Å². The van der Waals surface area contributed by atoms with Crippen LogP contribution >= 0.6 is 28.3 Å². The highest BCUT2D eigenvalue weighted by Gasteiger charge is 2.40. The van der Waals surface area contributed by atoms with Gasteiger partial charge in [-0.3, -0.25) is 9.69 Å². The molecule has 0 atom stereocenters. The van der Waals surface area contributed by atoms with Crippen LogP contribution in [0.1, 0.15) is 37.7 Å². The van der Waals surface area contributed by atoms with Gasteiger partial charge in [-0.05, 0) is 43.5 Å². The van der Waals surface area contributed by atoms with Crippen molar-refractivity contribution in [3.63, 3.8) is 0 Å². The third kappa shape index (κ3) is 4.51. The molecule has 0 radical (unpaired) electrons. The topological polar surface area (TPSA) is 44.4 Å². The van der Waals surface area contributed by atoms with E-state index in [4.69, 9.17) is 0 Å². The molecule has 24 heavy (non-hydrogen) atoms. The summed E-state index contributed by atoms with van der Waals surface area (Å²) in [6, 6.07) is 5.96. The van der Waals surface area contributed by atoms with Crippen molar-refractivity contribution in [2.45, 2.75) is 44.6 Å². The van der Waals surface area contributed by atoms with Crippen molar-refractivity contribution in [2.75, 3.05) is 31.5 Å². The summed E-state index contributed by atoms with van der Waals surface area (Å²) in [5.74, 6) is 0.0993. The van der Waals surface area contributed by atoms with E-state index in [0.29, 0.717) is 6.54 Å². The molecule has 1 aromatic rings. The number of aryl methyl sites for hydroxylation is 1. The van der Waals surface area contributed by atoms with Gasteiger partial charge in [-0.25, -0.2) is 0 Å². The fraction of sp³-hybridized carbons (Fsp3) is 0.611. The van der Waals surface area contributed by atoms with Crippen LogP contribution in [0.15, 0.2) is 22.7 Å². The second kappa shape index (κ2) is 8.65. The first-order valence-electron chi connectivity index (χ1n) is 8.61. The smallest absolute Gasteiger partial charge is 0.238 e. The molecule has 6 heteroatoms. The second-order valence-corrected chi connectivity index (χ2v) is 7.81. The Balaban J connectivity index is 0.00000208. The molecule has 1 aromatic carbocycles. The molecule has 1 heterocycles. The van der Waals surface area contributed by atoms with Crippen molar-refractivity contribution in [3.8, 4) is 0 Å².